The lowest BCUT2D eigenvalue weighted by atomic mass is 9.92. The zero-order chi connectivity index (χ0) is 10.8. The molecule has 2 unspecified atom stereocenters. The summed E-state index contributed by atoms with van der Waals surface area (Å²) in [6.45, 7) is 4.84. The Labute approximate surface area is 90.6 Å². The van der Waals surface area contributed by atoms with Gasteiger partial charge in [0.25, 0.3) is 0 Å². The molecule has 2 fully saturated rings. The summed E-state index contributed by atoms with van der Waals surface area (Å²) in [5, 5.41) is 12.2. The van der Waals surface area contributed by atoms with Crippen molar-refractivity contribution in [3.63, 3.8) is 0 Å². The highest BCUT2D eigenvalue weighted by Gasteiger charge is 2.35. The summed E-state index contributed by atoms with van der Waals surface area (Å²) >= 11 is 0. The fourth-order valence-electron chi connectivity index (χ4n) is 2.38. The molecule has 2 aliphatic heterocycles. The average molecular weight is 212 g/mol. The van der Waals surface area contributed by atoms with Crippen molar-refractivity contribution in [1.29, 1.82) is 0 Å². The highest BCUT2D eigenvalue weighted by Crippen LogP contribution is 2.21. The molecule has 86 valence electrons. The lowest BCUT2D eigenvalue weighted by Gasteiger charge is -2.41. The zero-order valence-electron chi connectivity index (χ0n) is 9.28. The fraction of sp³-hybridized carbons (Fsp3) is 0.909. The molecular weight excluding hydrogens is 192 g/mol. The van der Waals surface area contributed by atoms with Crippen LogP contribution in [0.3, 0.4) is 0 Å². The minimum absolute atomic E-state index is 0.0217. The van der Waals surface area contributed by atoms with Crippen molar-refractivity contribution in [3.8, 4) is 0 Å². The van der Waals surface area contributed by atoms with Gasteiger partial charge in [0, 0.05) is 25.6 Å². The van der Waals surface area contributed by atoms with E-state index in [1.54, 1.807) is 0 Å². The Morgan fingerprint density at radius 2 is 2.27 bits per heavy atom. The molecule has 0 aromatic heterocycles. The van der Waals surface area contributed by atoms with E-state index in [0.717, 1.165) is 26.1 Å². The van der Waals surface area contributed by atoms with Crippen LogP contribution in [0, 0.1) is 11.8 Å². The smallest absolute Gasteiger partial charge is 0.239 e. The molecule has 2 atom stereocenters. The second-order valence-electron chi connectivity index (χ2n) is 4.93. The topological polar surface area (TPSA) is 52.6 Å². The van der Waals surface area contributed by atoms with Gasteiger partial charge in [-0.15, -0.1) is 0 Å². The van der Waals surface area contributed by atoms with Gasteiger partial charge in [-0.3, -0.25) is 4.79 Å². The number of nitrogens with one attached hydrogen (secondary N) is 1. The Hall–Kier alpha value is -0.610. The number of likely N-dealkylation sites (tertiary alicyclic amines) is 1. The highest BCUT2D eigenvalue weighted by molar-refractivity contribution is 5.82. The summed E-state index contributed by atoms with van der Waals surface area (Å²) < 4.78 is 0. The van der Waals surface area contributed by atoms with E-state index in [2.05, 4.69) is 12.2 Å². The van der Waals surface area contributed by atoms with Gasteiger partial charge in [-0.25, -0.2) is 0 Å². The fourth-order valence-corrected chi connectivity index (χ4v) is 2.38. The van der Waals surface area contributed by atoms with Gasteiger partial charge < -0.3 is 15.3 Å². The van der Waals surface area contributed by atoms with Crippen molar-refractivity contribution >= 4 is 5.91 Å². The number of aliphatic hydroxyl groups excluding tert-OH is 1. The Kier molecular flexibility index (Phi) is 3.26. The molecule has 15 heavy (non-hydrogen) atoms. The van der Waals surface area contributed by atoms with Gasteiger partial charge in [0.2, 0.25) is 5.91 Å². The van der Waals surface area contributed by atoms with Crippen LogP contribution in [0.1, 0.15) is 19.8 Å². The molecule has 0 spiro atoms. The predicted molar refractivity (Wildman–Crippen MR) is 57.3 cm³/mol. The van der Waals surface area contributed by atoms with Crippen molar-refractivity contribution in [2.24, 2.45) is 11.8 Å². The van der Waals surface area contributed by atoms with E-state index in [4.69, 9.17) is 5.11 Å². The first-order valence-electron chi connectivity index (χ1n) is 5.83. The molecule has 2 N–H and O–H groups in total. The first-order chi connectivity index (χ1) is 7.20. The monoisotopic (exact) mass is 212 g/mol. The molecular formula is C11H20N2O2. The van der Waals surface area contributed by atoms with Gasteiger partial charge in [0.05, 0.1) is 6.04 Å². The van der Waals surface area contributed by atoms with Gasteiger partial charge >= 0.3 is 0 Å². The van der Waals surface area contributed by atoms with Crippen LogP contribution in [0.25, 0.3) is 0 Å². The van der Waals surface area contributed by atoms with Crippen LogP contribution >= 0.6 is 0 Å². The molecule has 2 heterocycles. The molecule has 2 aliphatic rings. The van der Waals surface area contributed by atoms with Crippen molar-refractivity contribution in [1.82, 2.24) is 10.2 Å². The largest absolute Gasteiger partial charge is 0.396 e. The lowest BCUT2D eigenvalue weighted by molar-refractivity contribution is -0.141. The van der Waals surface area contributed by atoms with Crippen LogP contribution in [-0.2, 0) is 4.79 Å². The maximum Gasteiger partial charge on any atom is 0.239 e. The maximum atomic E-state index is 12.0. The van der Waals surface area contributed by atoms with Crippen LogP contribution in [0.15, 0.2) is 0 Å². The third-order valence-electron chi connectivity index (χ3n) is 3.49. The summed E-state index contributed by atoms with van der Waals surface area (Å²) in [4.78, 5) is 13.8. The lowest BCUT2D eigenvalue weighted by Crippen LogP contribution is -2.58. The van der Waals surface area contributed by atoms with Gasteiger partial charge in [-0.1, -0.05) is 6.92 Å². The van der Waals surface area contributed by atoms with Crippen LogP contribution in [0.5, 0.6) is 0 Å². The SMILES string of the molecule is CC1CCNC(C(=O)N2CC(CO)C2)C1. The minimum atomic E-state index is 0.0217. The number of rotatable bonds is 2. The number of hydrogen-bond acceptors (Lipinski definition) is 3. The standard InChI is InChI=1S/C11H20N2O2/c1-8-2-3-12-10(4-8)11(15)13-5-9(6-13)7-14/h8-10,12,14H,2-7H2,1H3. The van der Waals surface area contributed by atoms with Crippen molar-refractivity contribution < 1.29 is 9.90 Å². The molecule has 0 saturated carbocycles. The number of nitrogens with zero attached hydrogens (tertiary/aromatic N) is 1. The maximum absolute atomic E-state index is 12.0. The quantitative estimate of drug-likeness (QED) is 0.668. The molecule has 0 bridgehead atoms. The molecule has 2 saturated heterocycles. The first-order valence-corrected chi connectivity index (χ1v) is 5.83. The van der Waals surface area contributed by atoms with Gasteiger partial charge in [0.1, 0.15) is 0 Å². The summed E-state index contributed by atoms with van der Waals surface area (Å²) in [5.41, 5.74) is 0. The molecule has 0 aliphatic carbocycles. The van der Waals surface area contributed by atoms with E-state index in [9.17, 15) is 4.79 Å². The molecule has 2 rings (SSSR count). The predicted octanol–water partition coefficient (Wildman–Crippen LogP) is -0.175. The molecule has 4 nitrogen and oxygen atoms in total. The van der Waals surface area contributed by atoms with Crippen molar-refractivity contribution in [3.05, 3.63) is 0 Å². The van der Waals surface area contributed by atoms with E-state index >= 15 is 0 Å². The molecule has 0 radical (unpaired) electrons. The minimum Gasteiger partial charge on any atom is -0.396 e. The number of hydrogen-bond donors (Lipinski definition) is 2. The molecule has 0 aromatic rings. The number of carbonyl (C=O) groups excluding carboxylic acids is 1. The van der Waals surface area contributed by atoms with Crippen molar-refractivity contribution in [2.45, 2.75) is 25.8 Å². The highest BCUT2D eigenvalue weighted by atomic mass is 16.3. The first kappa shape index (κ1) is 10.9. The second-order valence-corrected chi connectivity index (χ2v) is 4.93. The van der Waals surface area contributed by atoms with E-state index in [1.807, 2.05) is 4.90 Å². The third kappa shape index (κ3) is 2.32. The number of aliphatic hydroxyl groups is 1. The molecule has 4 heteroatoms. The van der Waals surface area contributed by atoms with E-state index < -0.39 is 0 Å². The van der Waals surface area contributed by atoms with Gasteiger partial charge in [-0.2, -0.15) is 0 Å². The summed E-state index contributed by atoms with van der Waals surface area (Å²) in [6, 6.07) is 0.0217. The third-order valence-corrected chi connectivity index (χ3v) is 3.49. The molecule has 1 amide bonds. The summed E-state index contributed by atoms with van der Waals surface area (Å²) in [7, 11) is 0. The van der Waals surface area contributed by atoms with Gasteiger partial charge in [-0.05, 0) is 25.3 Å². The number of carbonyl (C=O) groups is 1. The normalized spacial score (nSPS) is 32.5. The van der Waals surface area contributed by atoms with Crippen LogP contribution in [-0.4, -0.2) is 48.2 Å². The van der Waals surface area contributed by atoms with Crippen molar-refractivity contribution in [2.75, 3.05) is 26.2 Å². The van der Waals surface area contributed by atoms with E-state index in [1.165, 1.54) is 6.42 Å². The van der Waals surface area contributed by atoms with Gasteiger partial charge in [0.15, 0.2) is 0 Å². The number of piperidine rings is 1. The van der Waals surface area contributed by atoms with Crippen LogP contribution < -0.4 is 5.32 Å². The Morgan fingerprint density at radius 3 is 2.87 bits per heavy atom. The van der Waals surface area contributed by atoms with E-state index in [0.29, 0.717) is 11.8 Å². The number of amides is 1. The Morgan fingerprint density at radius 1 is 1.53 bits per heavy atom. The summed E-state index contributed by atoms with van der Waals surface area (Å²) in [6.07, 6.45) is 2.13. The van der Waals surface area contributed by atoms with Crippen LogP contribution in [0.2, 0.25) is 0 Å². The van der Waals surface area contributed by atoms with Crippen LogP contribution in [0.4, 0.5) is 0 Å². The average Bonchev–Trinajstić information content (AvgIpc) is 2.16. The zero-order valence-corrected chi connectivity index (χ0v) is 9.28. The Bertz CT molecular complexity index is 239. The summed E-state index contributed by atoms with van der Waals surface area (Å²) in [5.74, 6) is 1.19. The van der Waals surface area contributed by atoms with E-state index in [-0.39, 0.29) is 18.6 Å². The molecule has 0 aromatic carbocycles. The Balaban J connectivity index is 1.81. The second kappa shape index (κ2) is 4.49.